The van der Waals surface area contributed by atoms with Crippen LogP contribution in [0.5, 0.6) is 5.75 Å². The molecule has 2 rings (SSSR count). The molecule has 0 amide bonds. The van der Waals surface area contributed by atoms with E-state index in [9.17, 15) is 15.2 Å². The zero-order chi connectivity index (χ0) is 14.7. The summed E-state index contributed by atoms with van der Waals surface area (Å²) in [6, 6.07) is 11.6. The molecule has 0 aliphatic heterocycles. The van der Waals surface area contributed by atoms with Gasteiger partial charge in [0.2, 0.25) is 0 Å². The van der Waals surface area contributed by atoms with Crippen molar-refractivity contribution in [2.45, 2.75) is 19.9 Å². The third-order valence-corrected chi connectivity index (χ3v) is 3.19. The van der Waals surface area contributed by atoms with Gasteiger partial charge in [-0.3, -0.25) is 10.1 Å². The molecule has 0 fully saturated rings. The summed E-state index contributed by atoms with van der Waals surface area (Å²) >= 11 is 0. The fourth-order valence-electron chi connectivity index (χ4n) is 2.05. The highest BCUT2D eigenvalue weighted by Crippen LogP contribution is 2.29. The largest absolute Gasteiger partial charge is 0.508 e. The quantitative estimate of drug-likeness (QED) is 0.656. The number of nitrogens with one attached hydrogen (secondary N) is 1. The number of hydrogen-bond donors (Lipinski definition) is 2. The average molecular weight is 272 g/mol. The van der Waals surface area contributed by atoms with Gasteiger partial charge in [-0.25, -0.2) is 0 Å². The number of hydrogen-bond acceptors (Lipinski definition) is 4. The molecule has 0 saturated carbocycles. The summed E-state index contributed by atoms with van der Waals surface area (Å²) in [6.45, 7) is 3.66. The summed E-state index contributed by atoms with van der Waals surface area (Å²) in [5.74, 6) is 0.199. The Balaban J connectivity index is 2.26. The van der Waals surface area contributed by atoms with E-state index in [-0.39, 0.29) is 22.4 Å². The number of aryl methyl sites for hydroxylation is 1. The van der Waals surface area contributed by atoms with E-state index < -0.39 is 0 Å². The number of phenolic OH excluding ortho intramolecular Hbond substituents is 1. The van der Waals surface area contributed by atoms with Crippen LogP contribution in [-0.4, -0.2) is 10.0 Å². The summed E-state index contributed by atoms with van der Waals surface area (Å²) < 4.78 is 0. The van der Waals surface area contributed by atoms with Gasteiger partial charge in [-0.1, -0.05) is 24.3 Å². The van der Waals surface area contributed by atoms with Gasteiger partial charge in [0.25, 0.3) is 5.69 Å². The van der Waals surface area contributed by atoms with Gasteiger partial charge in [-0.05, 0) is 25.5 Å². The molecule has 0 bridgehead atoms. The molecule has 5 nitrogen and oxygen atoms in total. The molecule has 1 unspecified atom stereocenters. The molecule has 2 N–H and O–H groups in total. The van der Waals surface area contributed by atoms with Gasteiger partial charge in [-0.15, -0.1) is 0 Å². The third kappa shape index (κ3) is 2.88. The van der Waals surface area contributed by atoms with Gasteiger partial charge >= 0.3 is 0 Å². The van der Waals surface area contributed by atoms with Crippen molar-refractivity contribution < 1.29 is 10.0 Å². The molecule has 0 aromatic heterocycles. The molecule has 20 heavy (non-hydrogen) atoms. The van der Waals surface area contributed by atoms with Gasteiger partial charge < -0.3 is 10.4 Å². The second-order valence-corrected chi connectivity index (χ2v) is 4.68. The number of nitrogens with zero attached hydrogens (tertiary/aromatic N) is 1. The average Bonchev–Trinajstić information content (AvgIpc) is 2.43. The lowest BCUT2D eigenvalue weighted by atomic mass is 10.1. The summed E-state index contributed by atoms with van der Waals surface area (Å²) in [5, 5.41) is 23.9. The Labute approximate surface area is 117 Å². The molecule has 2 aromatic carbocycles. The maximum absolute atomic E-state index is 11.0. The van der Waals surface area contributed by atoms with Crippen LogP contribution in [0.25, 0.3) is 0 Å². The minimum atomic E-state index is -0.389. The van der Waals surface area contributed by atoms with Gasteiger partial charge in [0.1, 0.15) is 5.75 Å². The number of nitro benzene ring substituents is 1. The minimum Gasteiger partial charge on any atom is -0.508 e. The monoisotopic (exact) mass is 272 g/mol. The minimum absolute atomic E-state index is 0.0869. The topological polar surface area (TPSA) is 75.4 Å². The Morgan fingerprint density at radius 2 is 1.95 bits per heavy atom. The van der Waals surface area contributed by atoms with Crippen molar-refractivity contribution in [3.8, 4) is 5.75 Å². The smallest absolute Gasteiger partial charge is 0.274 e. The number of para-hydroxylation sites is 1. The van der Waals surface area contributed by atoms with Crippen molar-refractivity contribution in [3.63, 3.8) is 0 Å². The number of nitro groups is 1. The maximum Gasteiger partial charge on any atom is 0.274 e. The molecule has 0 spiro atoms. The fraction of sp³-hybridized carbons (Fsp3) is 0.200. The van der Waals surface area contributed by atoms with Crippen molar-refractivity contribution in [1.29, 1.82) is 0 Å². The number of anilines is 1. The molecular formula is C15H16N2O3. The predicted molar refractivity (Wildman–Crippen MR) is 78.0 cm³/mol. The number of phenols is 1. The van der Waals surface area contributed by atoms with Crippen LogP contribution in [0.2, 0.25) is 0 Å². The van der Waals surface area contributed by atoms with E-state index in [0.717, 1.165) is 11.3 Å². The third-order valence-electron chi connectivity index (χ3n) is 3.19. The highest BCUT2D eigenvalue weighted by Gasteiger charge is 2.18. The Bertz CT molecular complexity index is 641. The maximum atomic E-state index is 11.0. The van der Waals surface area contributed by atoms with Crippen molar-refractivity contribution in [2.75, 3.05) is 5.32 Å². The standard InChI is InChI=1S/C15H16N2O3/c1-10-7-8-12(9-15(10)18)16-11(2)13-5-3-4-6-14(13)17(19)20/h3-9,11,16,18H,1-2H3. The number of rotatable bonds is 4. The van der Waals surface area contributed by atoms with E-state index in [1.54, 1.807) is 30.3 Å². The van der Waals surface area contributed by atoms with E-state index in [4.69, 9.17) is 0 Å². The van der Waals surface area contributed by atoms with E-state index in [0.29, 0.717) is 5.56 Å². The molecular weight excluding hydrogens is 256 g/mol. The Kier molecular flexibility index (Phi) is 3.89. The van der Waals surface area contributed by atoms with Gasteiger partial charge in [-0.2, -0.15) is 0 Å². The van der Waals surface area contributed by atoms with Crippen LogP contribution in [0, 0.1) is 17.0 Å². The molecule has 0 aliphatic rings. The SMILES string of the molecule is Cc1ccc(NC(C)c2ccccc2[N+](=O)[O-])cc1O. The molecule has 5 heteroatoms. The Morgan fingerprint density at radius 1 is 1.25 bits per heavy atom. The normalized spacial score (nSPS) is 11.9. The molecule has 1 atom stereocenters. The van der Waals surface area contributed by atoms with Gasteiger partial charge in [0, 0.05) is 17.8 Å². The zero-order valence-corrected chi connectivity index (χ0v) is 11.3. The van der Waals surface area contributed by atoms with E-state index in [1.807, 2.05) is 19.9 Å². The first-order chi connectivity index (χ1) is 9.49. The van der Waals surface area contributed by atoms with Crippen LogP contribution in [0.1, 0.15) is 24.1 Å². The van der Waals surface area contributed by atoms with Crippen molar-refractivity contribution >= 4 is 11.4 Å². The Hall–Kier alpha value is -2.56. The first-order valence-electron chi connectivity index (χ1n) is 6.28. The van der Waals surface area contributed by atoms with E-state index in [1.165, 1.54) is 6.07 Å². The molecule has 2 aromatic rings. The molecule has 0 saturated heterocycles. The molecule has 0 radical (unpaired) electrons. The molecule has 104 valence electrons. The fourth-order valence-corrected chi connectivity index (χ4v) is 2.05. The van der Waals surface area contributed by atoms with Crippen molar-refractivity contribution in [3.05, 3.63) is 63.7 Å². The van der Waals surface area contributed by atoms with Gasteiger partial charge in [0.15, 0.2) is 0 Å². The second kappa shape index (κ2) is 5.61. The van der Waals surface area contributed by atoms with Crippen LogP contribution >= 0.6 is 0 Å². The number of aromatic hydroxyl groups is 1. The number of benzene rings is 2. The predicted octanol–water partition coefficient (Wildman–Crippen LogP) is 3.78. The molecule has 0 aliphatic carbocycles. The van der Waals surface area contributed by atoms with Crippen LogP contribution < -0.4 is 5.32 Å². The van der Waals surface area contributed by atoms with Crippen molar-refractivity contribution in [1.82, 2.24) is 0 Å². The first kappa shape index (κ1) is 13.9. The first-order valence-corrected chi connectivity index (χ1v) is 6.28. The zero-order valence-electron chi connectivity index (χ0n) is 11.3. The Morgan fingerprint density at radius 3 is 2.60 bits per heavy atom. The lowest BCUT2D eigenvalue weighted by Crippen LogP contribution is -2.09. The molecule has 0 heterocycles. The highest BCUT2D eigenvalue weighted by atomic mass is 16.6. The highest BCUT2D eigenvalue weighted by molar-refractivity contribution is 5.54. The lowest BCUT2D eigenvalue weighted by molar-refractivity contribution is -0.385. The van der Waals surface area contributed by atoms with E-state index in [2.05, 4.69) is 5.32 Å². The summed E-state index contributed by atoms with van der Waals surface area (Å²) in [7, 11) is 0. The van der Waals surface area contributed by atoms with Gasteiger partial charge in [0.05, 0.1) is 16.5 Å². The van der Waals surface area contributed by atoms with E-state index >= 15 is 0 Å². The second-order valence-electron chi connectivity index (χ2n) is 4.68. The van der Waals surface area contributed by atoms with Crippen LogP contribution in [0.3, 0.4) is 0 Å². The van der Waals surface area contributed by atoms with Crippen molar-refractivity contribution in [2.24, 2.45) is 0 Å². The van der Waals surface area contributed by atoms with Crippen LogP contribution in [-0.2, 0) is 0 Å². The van der Waals surface area contributed by atoms with Crippen LogP contribution in [0.4, 0.5) is 11.4 Å². The summed E-state index contributed by atoms with van der Waals surface area (Å²) in [5.41, 5.74) is 2.20. The summed E-state index contributed by atoms with van der Waals surface area (Å²) in [4.78, 5) is 10.6. The summed E-state index contributed by atoms with van der Waals surface area (Å²) in [6.07, 6.45) is 0. The van der Waals surface area contributed by atoms with Crippen LogP contribution in [0.15, 0.2) is 42.5 Å². The lowest BCUT2D eigenvalue weighted by Gasteiger charge is -2.16.